The first-order valence-corrected chi connectivity index (χ1v) is 10.2. The van der Waals surface area contributed by atoms with Crippen LogP contribution in [0, 0.1) is 18.7 Å². The molecule has 1 fully saturated rings. The van der Waals surface area contributed by atoms with Crippen LogP contribution in [0.15, 0.2) is 48.5 Å². The number of benzene rings is 2. The molecule has 156 valence electrons. The quantitative estimate of drug-likeness (QED) is 0.677. The third-order valence-corrected chi connectivity index (χ3v) is 5.79. The lowest BCUT2D eigenvalue weighted by atomic mass is 9.88. The summed E-state index contributed by atoms with van der Waals surface area (Å²) < 4.78 is 19.1. The predicted octanol–water partition coefficient (Wildman–Crippen LogP) is 3.84. The van der Waals surface area contributed by atoms with Gasteiger partial charge >= 0.3 is 0 Å². The fraction of sp³-hybridized carbons (Fsp3) is 0.458. The van der Waals surface area contributed by atoms with Crippen LogP contribution in [0.2, 0.25) is 0 Å². The molecule has 3 rings (SSSR count). The van der Waals surface area contributed by atoms with Crippen molar-refractivity contribution >= 4 is 5.91 Å². The molecule has 0 N–H and O–H groups in total. The summed E-state index contributed by atoms with van der Waals surface area (Å²) in [5.41, 5.74) is 3.54. The zero-order valence-corrected chi connectivity index (χ0v) is 17.6. The molecule has 1 amide bonds. The van der Waals surface area contributed by atoms with Crippen LogP contribution in [0.5, 0.6) is 0 Å². The molecule has 1 aliphatic heterocycles. The first-order valence-electron chi connectivity index (χ1n) is 10.2. The van der Waals surface area contributed by atoms with E-state index >= 15 is 0 Å². The fourth-order valence-corrected chi connectivity index (χ4v) is 4.20. The Morgan fingerprint density at radius 3 is 2.62 bits per heavy atom. The maximum absolute atomic E-state index is 13.9. The molecule has 5 heteroatoms. The van der Waals surface area contributed by atoms with Crippen molar-refractivity contribution in [1.29, 1.82) is 0 Å². The Labute approximate surface area is 173 Å². The number of hydrogen-bond donors (Lipinski definition) is 0. The number of hydrogen-bond acceptors (Lipinski definition) is 3. The molecule has 0 spiro atoms. The van der Waals surface area contributed by atoms with E-state index in [2.05, 4.69) is 36.1 Å². The highest BCUT2D eigenvalue weighted by molar-refractivity contribution is 5.73. The lowest BCUT2D eigenvalue weighted by Gasteiger charge is -2.27. The second-order valence-corrected chi connectivity index (χ2v) is 8.06. The van der Waals surface area contributed by atoms with Gasteiger partial charge in [-0.25, -0.2) is 4.39 Å². The first kappa shape index (κ1) is 21.5. The Morgan fingerprint density at radius 1 is 1.21 bits per heavy atom. The van der Waals surface area contributed by atoms with E-state index in [0.29, 0.717) is 19.7 Å². The fourth-order valence-electron chi connectivity index (χ4n) is 4.20. The van der Waals surface area contributed by atoms with Gasteiger partial charge in [0.05, 0.1) is 6.61 Å². The van der Waals surface area contributed by atoms with Gasteiger partial charge in [-0.3, -0.25) is 9.69 Å². The number of nitrogens with zero attached hydrogens (tertiary/aromatic N) is 2. The first-order chi connectivity index (χ1) is 14.0. The van der Waals surface area contributed by atoms with Crippen molar-refractivity contribution in [3.8, 4) is 0 Å². The van der Waals surface area contributed by atoms with Gasteiger partial charge in [0.15, 0.2) is 0 Å². The summed E-state index contributed by atoms with van der Waals surface area (Å²) in [6, 6.07) is 15.5. The van der Waals surface area contributed by atoms with Gasteiger partial charge in [0.25, 0.3) is 0 Å². The molecule has 2 aromatic rings. The van der Waals surface area contributed by atoms with E-state index in [4.69, 9.17) is 4.74 Å². The average molecular weight is 399 g/mol. The summed E-state index contributed by atoms with van der Waals surface area (Å²) in [6.07, 6.45) is 0. The average Bonchev–Trinajstić information content (AvgIpc) is 3.09. The Kier molecular flexibility index (Phi) is 7.40. The van der Waals surface area contributed by atoms with Crippen LogP contribution in [-0.2, 0) is 16.1 Å². The molecule has 1 aliphatic rings. The van der Waals surface area contributed by atoms with Crippen LogP contribution in [0.3, 0.4) is 0 Å². The Bertz CT molecular complexity index is 809. The van der Waals surface area contributed by atoms with Crippen molar-refractivity contribution in [2.45, 2.75) is 26.3 Å². The van der Waals surface area contributed by atoms with E-state index < -0.39 is 0 Å². The Balaban J connectivity index is 1.77. The van der Waals surface area contributed by atoms with Crippen LogP contribution >= 0.6 is 0 Å². The summed E-state index contributed by atoms with van der Waals surface area (Å²) in [5, 5.41) is 0. The minimum atomic E-state index is -0.207. The molecule has 2 atom stereocenters. The number of carbonyl (C=O) groups is 1. The number of carbonyl (C=O) groups excluding carboxylic acids is 1. The minimum Gasteiger partial charge on any atom is -0.383 e. The lowest BCUT2D eigenvalue weighted by molar-refractivity contribution is -0.130. The van der Waals surface area contributed by atoms with Gasteiger partial charge in [-0.1, -0.05) is 42.0 Å². The van der Waals surface area contributed by atoms with Crippen LogP contribution in [0.1, 0.15) is 29.5 Å². The topological polar surface area (TPSA) is 32.8 Å². The van der Waals surface area contributed by atoms with Crippen LogP contribution in [0.4, 0.5) is 4.39 Å². The number of amides is 1. The molecule has 2 aromatic carbocycles. The molecule has 4 nitrogen and oxygen atoms in total. The van der Waals surface area contributed by atoms with Gasteiger partial charge in [0.1, 0.15) is 5.82 Å². The normalized spacial score (nSPS) is 19.4. The third kappa shape index (κ3) is 5.87. The Hall–Kier alpha value is -2.24. The third-order valence-electron chi connectivity index (χ3n) is 5.79. The number of likely N-dealkylation sites (tertiary alicyclic amines) is 1. The largest absolute Gasteiger partial charge is 0.383 e. The molecule has 1 saturated heterocycles. The van der Waals surface area contributed by atoms with Crippen LogP contribution in [-0.4, -0.2) is 55.6 Å². The molecule has 0 radical (unpaired) electrons. The molecule has 1 heterocycles. The van der Waals surface area contributed by atoms with Crippen LogP contribution in [0.25, 0.3) is 0 Å². The molecule has 0 bridgehead atoms. The number of rotatable bonds is 8. The highest BCUT2D eigenvalue weighted by atomic mass is 19.1. The molecular weight excluding hydrogens is 367 g/mol. The van der Waals surface area contributed by atoms with Gasteiger partial charge in [0.2, 0.25) is 5.91 Å². The minimum absolute atomic E-state index is 0.0528. The highest BCUT2D eigenvalue weighted by Crippen LogP contribution is 2.34. The van der Waals surface area contributed by atoms with Crippen molar-refractivity contribution in [2.24, 2.45) is 5.92 Å². The number of aryl methyl sites for hydroxylation is 1. The van der Waals surface area contributed by atoms with Crippen LogP contribution < -0.4 is 0 Å². The van der Waals surface area contributed by atoms with E-state index in [0.717, 1.165) is 25.2 Å². The Morgan fingerprint density at radius 2 is 1.97 bits per heavy atom. The molecular formula is C24H31FN2O2. The van der Waals surface area contributed by atoms with E-state index in [1.807, 2.05) is 11.0 Å². The maximum Gasteiger partial charge on any atom is 0.219 e. The molecule has 0 aromatic heterocycles. The number of methoxy groups -OCH3 is 1. The van der Waals surface area contributed by atoms with Gasteiger partial charge < -0.3 is 9.64 Å². The van der Waals surface area contributed by atoms with E-state index in [1.54, 1.807) is 26.2 Å². The zero-order valence-electron chi connectivity index (χ0n) is 17.6. The highest BCUT2D eigenvalue weighted by Gasteiger charge is 2.35. The summed E-state index contributed by atoms with van der Waals surface area (Å²) >= 11 is 0. The number of halogens is 1. The van der Waals surface area contributed by atoms with E-state index in [-0.39, 0.29) is 23.6 Å². The predicted molar refractivity (Wildman–Crippen MR) is 113 cm³/mol. The van der Waals surface area contributed by atoms with E-state index in [1.165, 1.54) is 17.2 Å². The smallest absolute Gasteiger partial charge is 0.219 e. The van der Waals surface area contributed by atoms with Crippen molar-refractivity contribution in [1.82, 2.24) is 9.80 Å². The monoisotopic (exact) mass is 398 g/mol. The summed E-state index contributed by atoms with van der Waals surface area (Å²) in [4.78, 5) is 16.4. The van der Waals surface area contributed by atoms with Crippen molar-refractivity contribution in [3.63, 3.8) is 0 Å². The van der Waals surface area contributed by atoms with Crippen molar-refractivity contribution in [2.75, 3.05) is 39.9 Å². The second kappa shape index (κ2) is 9.99. The molecule has 2 unspecified atom stereocenters. The second-order valence-electron chi connectivity index (χ2n) is 8.06. The SMILES string of the molecule is COCCN(CC1CN(Cc2ccc(C)cc2)CC1c1cccc(F)c1)C(C)=O. The van der Waals surface area contributed by atoms with Crippen molar-refractivity contribution < 1.29 is 13.9 Å². The van der Waals surface area contributed by atoms with Gasteiger partial charge in [-0.2, -0.15) is 0 Å². The number of ether oxygens (including phenoxy) is 1. The lowest BCUT2D eigenvalue weighted by Crippen LogP contribution is -2.38. The summed E-state index contributed by atoms with van der Waals surface area (Å²) in [7, 11) is 1.65. The standard InChI is InChI=1S/C24H31FN2O2/c1-18-7-9-20(10-8-18)14-26-15-22(16-27(19(2)28)11-12-29-3)24(17-26)21-5-4-6-23(25)13-21/h4-10,13,22,24H,11-12,14-17H2,1-3H3. The zero-order chi connectivity index (χ0) is 20.8. The van der Waals surface area contributed by atoms with Gasteiger partial charge in [0, 0.05) is 52.7 Å². The van der Waals surface area contributed by atoms with Gasteiger partial charge in [-0.05, 0) is 36.1 Å². The van der Waals surface area contributed by atoms with E-state index in [9.17, 15) is 9.18 Å². The van der Waals surface area contributed by atoms with Gasteiger partial charge in [-0.15, -0.1) is 0 Å². The summed E-state index contributed by atoms with van der Waals surface area (Å²) in [5.74, 6) is 0.293. The maximum atomic E-state index is 13.9. The van der Waals surface area contributed by atoms with Crippen molar-refractivity contribution in [3.05, 3.63) is 71.0 Å². The molecule has 29 heavy (non-hydrogen) atoms. The molecule has 0 saturated carbocycles. The summed E-state index contributed by atoms with van der Waals surface area (Å²) in [6.45, 7) is 8.05. The molecule has 0 aliphatic carbocycles.